The number of esters is 4. The minimum atomic E-state index is -1.83. The van der Waals surface area contributed by atoms with E-state index in [1.165, 1.54) is 20.8 Å². The second kappa shape index (κ2) is 12.2. The summed E-state index contributed by atoms with van der Waals surface area (Å²) in [7, 11) is 0. The molecule has 5 atom stereocenters. The van der Waals surface area contributed by atoms with Gasteiger partial charge in [0, 0.05) is 19.3 Å². The molecular formula is C22H28O10. The van der Waals surface area contributed by atoms with Crippen molar-refractivity contribution in [2.24, 2.45) is 0 Å². The number of aliphatic hydroxyl groups is 1. The van der Waals surface area contributed by atoms with E-state index in [9.17, 15) is 24.3 Å². The molecule has 176 valence electrons. The first-order valence-corrected chi connectivity index (χ1v) is 10.4. The number of hydrogen-bond donors (Lipinski definition) is 1. The van der Waals surface area contributed by atoms with Gasteiger partial charge in [-0.3, -0.25) is 14.4 Å². The van der Waals surface area contributed by atoms with Crippen LogP contribution in [0.5, 0.6) is 0 Å². The molecule has 1 saturated heterocycles. The van der Waals surface area contributed by atoms with Gasteiger partial charge >= 0.3 is 23.9 Å². The highest BCUT2D eigenvalue weighted by atomic mass is 16.7. The Morgan fingerprint density at radius 2 is 1.31 bits per heavy atom. The van der Waals surface area contributed by atoms with Crippen LogP contribution in [0.2, 0.25) is 0 Å². The first-order valence-electron chi connectivity index (χ1n) is 10.4. The van der Waals surface area contributed by atoms with E-state index in [2.05, 4.69) is 0 Å². The molecule has 1 heterocycles. The Hall–Kier alpha value is -2.98. The molecule has 1 fully saturated rings. The summed E-state index contributed by atoms with van der Waals surface area (Å²) in [4.78, 5) is 48.7. The molecule has 1 N–H and O–H groups in total. The van der Waals surface area contributed by atoms with Gasteiger partial charge < -0.3 is 28.8 Å². The van der Waals surface area contributed by atoms with Crippen molar-refractivity contribution in [3.63, 3.8) is 0 Å². The van der Waals surface area contributed by atoms with Crippen molar-refractivity contribution in [3.05, 3.63) is 35.9 Å². The Balaban J connectivity index is 2.31. The van der Waals surface area contributed by atoms with E-state index >= 15 is 0 Å². The average molecular weight is 452 g/mol. The predicted molar refractivity (Wildman–Crippen MR) is 108 cm³/mol. The molecule has 10 nitrogen and oxygen atoms in total. The fraction of sp³-hybridized carbons (Fsp3) is 0.545. The van der Waals surface area contributed by atoms with Gasteiger partial charge in [0.05, 0.1) is 0 Å². The normalized spacial score (nSPS) is 24.8. The van der Waals surface area contributed by atoms with Gasteiger partial charge in [-0.2, -0.15) is 0 Å². The van der Waals surface area contributed by atoms with Gasteiger partial charge in [-0.05, 0) is 5.56 Å². The third-order valence-electron chi connectivity index (χ3n) is 4.64. The summed E-state index contributed by atoms with van der Waals surface area (Å²) in [5.41, 5.74) is 0.697. The third kappa shape index (κ3) is 6.76. The van der Waals surface area contributed by atoms with E-state index in [0.29, 0.717) is 5.56 Å². The van der Waals surface area contributed by atoms with Crippen LogP contribution in [0.4, 0.5) is 0 Å². The Morgan fingerprint density at radius 1 is 0.812 bits per heavy atom. The second-order valence-corrected chi connectivity index (χ2v) is 6.96. The molecule has 2 rings (SSSR count). The summed E-state index contributed by atoms with van der Waals surface area (Å²) in [6.07, 6.45) is -8.05. The zero-order valence-corrected chi connectivity index (χ0v) is 18.2. The number of rotatable bonds is 9. The van der Waals surface area contributed by atoms with E-state index in [0.717, 1.165) is 0 Å². The minimum Gasteiger partial charge on any atom is -0.459 e. The summed E-state index contributed by atoms with van der Waals surface area (Å²) in [5.74, 6) is -3.08. The number of hydrogen-bond acceptors (Lipinski definition) is 10. The molecule has 1 aromatic rings. The summed E-state index contributed by atoms with van der Waals surface area (Å²) in [6.45, 7) is 4.50. The van der Waals surface area contributed by atoms with Crippen LogP contribution in [-0.4, -0.2) is 59.7 Å². The van der Waals surface area contributed by atoms with Gasteiger partial charge in [-0.25, -0.2) is 4.79 Å². The van der Waals surface area contributed by atoms with Crippen molar-refractivity contribution >= 4 is 23.9 Å². The third-order valence-corrected chi connectivity index (χ3v) is 4.64. The Labute approximate surface area is 185 Å². The van der Waals surface area contributed by atoms with Gasteiger partial charge in [-0.1, -0.05) is 51.1 Å². The molecule has 1 unspecified atom stereocenters. The molecule has 32 heavy (non-hydrogen) atoms. The van der Waals surface area contributed by atoms with E-state index in [1.807, 2.05) is 0 Å². The van der Waals surface area contributed by atoms with Crippen LogP contribution in [0.15, 0.2) is 30.3 Å². The lowest BCUT2D eigenvalue weighted by Gasteiger charge is -2.42. The summed E-state index contributed by atoms with van der Waals surface area (Å²) in [6, 6.07) is 8.82. The molecule has 1 aliphatic heterocycles. The van der Waals surface area contributed by atoms with Gasteiger partial charge in [0.15, 0.2) is 30.7 Å². The summed E-state index contributed by atoms with van der Waals surface area (Å²) >= 11 is 0. The molecule has 0 amide bonds. The maximum atomic E-state index is 12.8. The number of benzene rings is 1. The second-order valence-electron chi connectivity index (χ2n) is 6.96. The lowest BCUT2D eigenvalue weighted by Crippen LogP contribution is -2.63. The quantitative estimate of drug-likeness (QED) is 0.433. The monoisotopic (exact) mass is 452 g/mol. The number of carbonyl (C=O) groups is 4. The van der Waals surface area contributed by atoms with Crippen molar-refractivity contribution in [2.45, 2.75) is 77.3 Å². The summed E-state index contributed by atoms with van der Waals surface area (Å²) < 4.78 is 26.4. The van der Waals surface area contributed by atoms with Gasteiger partial charge in [-0.15, -0.1) is 0 Å². The van der Waals surface area contributed by atoms with Crippen LogP contribution in [0.3, 0.4) is 0 Å². The van der Waals surface area contributed by atoms with Gasteiger partial charge in [0.25, 0.3) is 0 Å². The molecule has 0 bridgehead atoms. The first kappa shape index (κ1) is 25.3. The fourth-order valence-corrected chi connectivity index (χ4v) is 2.92. The Kier molecular flexibility index (Phi) is 9.61. The van der Waals surface area contributed by atoms with E-state index in [-0.39, 0.29) is 25.9 Å². The van der Waals surface area contributed by atoms with Crippen molar-refractivity contribution in [1.82, 2.24) is 0 Å². The maximum Gasteiger partial charge on any atom is 0.339 e. The van der Waals surface area contributed by atoms with Crippen molar-refractivity contribution in [1.29, 1.82) is 0 Å². The lowest BCUT2D eigenvalue weighted by molar-refractivity contribution is -0.291. The maximum absolute atomic E-state index is 12.8. The van der Waals surface area contributed by atoms with Crippen LogP contribution in [0.1, 0.15) is 45.6 Å². The average Bonchev–Trinajstić information content (AvgIpc) is 2.81. The molecular weight excluding hydrogens is 424 g/mol. The van der Waals surface area contributed by atoms with Gasteiger partial charge in [0.1, 0.15) is 6.61 Å². The zero-order chi connectivity index (χ0) is 23.7. The van der Waals surface area contributed by atoms with Crippen molar-refractivity contribution < 1.29 is 48.0 Å². The molecule has 0 aliphatic carbocycles. The standard InChI is InChI=1S/C22H28O10/c1-4-14(23)29-17-18(30-15(24)5-2)20(31-16(25)6-3)22(27)32-19(17)21(26)28-12-13-10-8-7-9-11-13/h7-11,17-20,22,27H,4-6,12H2,1-3H3/t17-,18-,19-,20+,22?/m0/s1. The van der Waals surface area contributed by atoms with Crippen LogP contribution >= 0.6 is 0 Å². The van der Waals surface area contributed by atoms with Crippen molar-refractivity contribution in [3.8, 4) is 0 Å². The highest BCUT2D eigenvalue weighted by molar-refractivity contribution is 5.78. The first-order chi connectivity index (χ1) is 15.3. The number of carbonyl (C=O) groups excluding carboxylic acids is 4. The van der Waals surface area contributed by atoms with Gasteiger partial charge in [0.2, 0.25) is 0 Å². The topological polar surface area (TPSA) is 135 Å². The Bertz CT molecular complexity index is 793. The lowest BCUT2D eigenvalue weighted by atomic mass is 9.97. The zero-order valence-electron chi connectivity index (χ0n) is 18.2. The fourth-order valence-electron chi connectivity index (χ4n) is 2.92. The summed E-state index contributed by atoms with van der Waals surface area (Å²) in [5, 5.41) is 10.4. The largest absolute Gasteiger partial charge is 0.459 e. The molecule has 10 heteroatoms. The molecule has 1 aliphatic rings. The van der Waals surface area contributed by atoms with Crippen molar-refractivity contribution in [2.75, 3.05) is 0 Å². The van der Waals surface area contributed by atoms with Crippen LogP contribution in [0.25, 0.3) is 0 Å². The molecule has 0 radical (unpaired) electrons. The van der Waals surface area contributed by atoms with Crippen LogP contribution in [0, 0.1) is 0 Å². The van der Waals surface area contributed by atoms with E-state index < -0.39 is 54.6 Å². The predicted octanol–water partition coefficient (Wildman–Crippen LogP) is 1.41. The smallest absolute Gasteiger partial charge is 0.339 e. The highest BCUT2D eigenvalue weighted by Crippen LogP contribution is 2.29. The molecule has 1 aromatic carbocycles. The molecule has 0 saturated carbocycles. The van der Waals surface area contributed by atoms with Crippen LogP contribution in [-0.2, 0) is 49.5 Å². The highest BCUT2D eigenvalue weighted by Gasteiger charge is 2.54. The number of aliphatic hydroxyl groups excluding tert-OH is 1. The van der Waals surface area contributed by atoms with Crippen LogP contribution < -0.4 is 0 Å². The minimum absolute atomic E-state index is 0.0282. The molecule has 0 spiro atoms. The van der Waals surface area contributed by atoms with E-state index in [4.69, 9.17) is 23.7 Å². The Morgan fingerprint density at radius 3 is 1.84 bits per heavy atom. The molecule has 0 aromatic heterocycles. The SMILES string of the molecule is CCC(=O)O[C@H]1[C@H](OC(=O)CC)[C@@H](OC(=O)CC)C(O)O[C@@H]1C(=O)OCc1ccccc1. The number of ether oxygens (including phenoxy) is 5. The van der Waals surface area contributed by atoms with E-state index in [1.54, 1.807) is 30.3 Å².